The minimum absolute atomic E-state index is 0.636. The molecule has 0 spiro atoms. The molecular formula is C16H13ClN2O. The van der Waals surface area contributed by atoms with E-state index in [4.69, 9.17) is 22.1 Å². The fourth-order valence-corrected chi connectivity index (χ4v) is 2.26. The first kappa shape index (κ1) is 12.8. The number of pyridine rings is 1. The molecule has 0 atom stereocenters. The first-order valence-electron chi connectivity index (χ1n) is 6.22. The zero-order chi connectivity index (χ0) is 14.1. The Bertz CT molecular complexity index is 787. The molecule has 20 heavy (non-hydrogen) atoms. The summed E-state index contributed by atoms with van der Waals surface area (Å²) in [6.45, 7) is 1.93. The van der Waals surface area contributed by atoms with Gasteiger partial charge >= 0.3 is 0 Å². The van der Waals surface area contributed by atoms with Crippen molar-refractivity contribution >= 4 is 28.2 Å². The van der Waals surface area contributed by atoms with Crippen molar-refractivity contribution in [1.82, 2.24) is 4.98 Å². The number of benzene rings is 2. The molecule has 0 saturated heterocycles. The van der Waals surface area contributed by atoms with Crippen LogP contribution in [0.15, 0.2) is 48.5 Å². The van der Waals surface area contributed by atoms with Gasteiger partial charge in [0.25, 0.3) is 0 Å². The third-order valence-corrected chi connectivity index (χ3v) is 3.18. The number of nitrogens with zero attached hydrogens (tertiary/aromatic N) is 1. The van der Waals surface area contributed by atoms with Gasteiger partial charge < -0.3 is 10.5 Å². The molecule has 0 saturated carbocycles. The molecule has 3 nitrogen and oxygen atoms in total. The minimum atomic E-state index is 0.636. The van der Waals surface area contributed by atoms with Gasteiger partial charge in [-0.25, -0.2) is 0 Å². The number of hydrogen-bond donors (Lipinski definition) is 1. The van der Waals surface area contributed by atoms with E-state index in [2.05, 4.69) is 4.98 Å². The number of hydrogen-bond acceptors (Lipinski definition) is 3. The summed E-state index contributed by atoms with van der Waals surface area (Å²) in [5.74, 6) is 1.41. The van der Waals surface area contributed by atoms with Gasteiger partial charge in [-0.2, -0.15) is 0 Å². The van der Waals surface area contributed by atoms with Crippen LogP contribution in [0.5, 0.6) is 11.5 Å². The Hall–Kier alpha value is -2.26. The van der Waals surface area contributed by atoms with E-state index >= 15 is 0 Å². The quantitative estimate of drug-likeness (QED) is 0.701. The number of rotatable bonds is 2. The molecule has 0 fully saturated rings. The van der Waals surface area contributed by atoms with Crippen LogP contribution in [0.1, 0.15) is 5.69 Å². The van der Waals surface area contributed by atoms with Crippen molar-refractivity contribution in [2.75, 3.05) is 5.73 Å². The van der Waals surface area contributed by atoms with E-state index in [1.807, 2.05) is 49.4 Å². The van der Waals surface area contributed by atoms with E-state index in [-0.39, 0.29) is 0 Å². The fourth-order valence-electron chi connectivity index (χ4n) is 2.08. The van der Waals surface area contributed by atoms with Crippen molar-refractivity contribution in [3.63, 3.8) is 0 Å². The highest BCUT2D eigenvalue weighted by Gasteiger charge is 2.07. The van der Waals surface area contributed by atoms with Gasteiger partial charge in [-0.15, -0.1) is 0 Å². The molecule has 3 aromatic rings. The summed E-state index contributed by atoms with van der Waals surface area (Å²) in [5.41, 5.74) is 8.27. The molecule has 2 N–H and O–H groups in total. The topological polar surface area (TPSA) is 48.1 Å². The molecule has 1 heterocycles. The Morgan fingerprint density at radius 2 is 1.95 bits per heavy atom. The molecule has 100 valence electrons. The van der Waals surface area contributed by atoms with Gasteiger partial charge in [-0.1, -0.05) is 17.7 Å². The van der Waals surface area contributed by atoms with E-state index in [1.165, 1.54) is 0 Å². The summed E-state index contributed by atoms with van der Waals surface area (Å²) >= 11 is 5.97. The van der Waals surface area contributed by atoms with Crippen LogP contribution >= 0.6 is 11.6 Å². The highest BCUT2D eigenvalue weighted by atomic mass is 35.5. The Morgan fingerprint density at radius 1 is 1.10 bits per heavy atom. The van der Waals surface area contributed by atoms with Crippen molar-refractivity contribution < 1.29 is 4.74 Å². The summed E-state index contributed by atoms with van der Waals surface area (Å²) in [7, 11) is 0. The Kier molecular flexibility index (Phi) is 3.20. The van der Waals surface area contributed by atoms with Crippen LogP contribution in [0.4, 0.5) is 5.69 Å². The van der Waals surface area contributed by atoms with Crippen LogP contribution in [0.25, 0.3) is 10.9 Å². The maximum absolute atomic E-state index is 5.97. The van der Waals surface area contributed by atoms with Gasteiger partial charge in [0, 0.05) is 27.9 Å². The van der Waals surface area contributed by atoms with Crippen LogP contribution in [-0.4, -0.2) is 4.98 Å². The molecule has 0 radical (unpaired) electrons. The zero-order valence-electron chi connectivity index (χ0n) is 10.9. The van der Waals surface area contributed by atoms with Crippen molar-refractivity contribution in [2.45, 2.75) is 6.92 Å². The van der Waals surface area contributed by atoms with Gasteiger partial charge in [-0.05, 0) is 43.3 Å². The van der Waals surface area contributed by atoms with E-state index < -0.39 is 0 Å². The summed E-state index contributed by atoms with van der Waals surface area (Å²) < 4.78 is 5.93. The number of anilines is 1. The van der Waals surface area contributed by atoms with Crippen LogP contribution in [0.3, 0.4) is 0 Å². The number of nitrogens with two attached hydrogens (primary N) is 1. The van der Waals surface area contributed by atoms with E-state index in [0.29, 0.717) is 16.5 Å². The molecule has 0 aliphatic heterocycles. The zero-order valence-corrected chi connectivity index (χ0v) is 11.7. The van der Waals surface area contributed by atoms with Crippen LogP contribution in [0, 0.1) is 6.92 Å². The molecule has 0 aliphatic carbocycles. The van der Waals surface area contributed by atoms with E-state index in [0.717, 1.165) is 22.3 Å². The standard InChI is InChI=1S/C16H13ClN2O/c1-10-7-16(20-13-4-2-3-11(17)8-13)14-9-12(18)5-6-15(14)19-10/h2-9H,18H2,1H3. The second-order valence-corrected chi connectivity index (χ2v) is 5.03. The van der Waals surface area contributed by atoms with E-state index in [9.17, 15) is 0 Å². The smallest absolute Gasteiger partial charge is 0.138 e. The molecule has 0 unspecified atom stereocenters. The minimum Gasteiger partial charge on any atom is -0.457 e. The van der Waals surface area contributed by atoms with Gasteiger partial charge in [0.15, 0.2) is 0 Å². The SMILES string of the molecule is Cc1cc(Oc2cccc(Cl)c2)c2cc(N)ccc2n1. The molecule has 0 bridgehead atoms. The Labute approximate surface area is 122 Å². The molecular weight excluding hydrogens is 272 g/mol. The van der Waals surface area contributed by atoms with Crippen molar-refractivity contribution in [3.8, 4) is 11.5 Å². The maximum atomic E-state index is 5.97. The molecule has 0 aliphatic rings. The molecule has 0 amide bonds. The molecule has 1 aromatic heterocycles. The fraction of sp³-hybridized carbons (Fsp3) is 0.0625. The predicted molar refractivity (Wildman–Crippen MR) is 82.4 cm³/mol. The summed E-state index contributed by atoms with van der Waals surface area (Å²) in [5, 5.41) is 1.52. The largest absolute Gasteiger partial charge is 0.457 e. The average Bonchev–Trinajstić information content (AvgIpc) is 2.39. The predicted octanol–water partition coefficient (Wildman–Crippen LogP) is 4.57. The van der Waals surface area contributed by atoms with Crippen molar-refractivity contribution in [2.24, 2.45) is 0 Å². The third kappa shape index (κ3) is 2.53. The highest BCUT2D eigenvalue weighted by Crippen LogP contribution is 2.31. The first-order valence-corrected chi connectivity index (χ1v) is 6.60. The van der Waals surface area contributed by atoms with Gasteiger partial charge in [0.2, 0.25) is 0 Å². The lowest BCUT2D eigenvalue weighted by Crippen LogP contribution is -1.92. The highest BCUT2D eigenvalue weighted by molar-refractivity contribution is 6.30. The van der Waals surface area contributed by atoms with Crippen molar-refractivity contribution in [1.29, 1.82) is 0 Å². The van der Waals surface area contributed by atoms with Gasteiger partial charge in [-0.3, -0.25) is 4.98 Å². The average molecular weight is 285 g/mol. The second kappa shape index (κ2) is 5.02. The first-order chi connectivity index (χ1) is 9.61. The summed E-state index contributed by atoms with van der Waals surface area (Å²) in [6, 6.07) is 14.8. The van der Waals surface area contributed by atoms with Crippen LogP contribution < -0.4 is 10.5 Å². The molecule has 4 heteroatoms. The lowest BCUT2D eigenvalue weighted by molar-refractivity contribution is 0.487. The van der Waals surface area contributed by atoms with Gasteiger partial charge in [0.05, 0.1) is 5.52 Å². The number of fused-ring (bicyclic) bond motifs is 1. The number of halogens is 1. The number of ether oxygens (including phenoxy) is 1. The molecule has 3 rings (SSSR count). The molecule has 2 aromatic carbocycles. The summed E-state index contributed by atoms with van der Waals surface area (Å²) in [6.07, 6.45) is 0. The van der Waals surface area contributed by atoms with Crippen LogP contribution in [-0.2, 0) is 0 Å². The van der Waals surface area contributed by atoms with Gasteiger partial charge in [0.1, 0.15) is 11.5 Å². The van der Waals surface area contributed by atoms with Crippen molar-refractivity contribution in [3.05, 3.63) is 59.2 Å². The second-order valence-electron chi connectivity index (χ2n) is 4.60. The summed E-state index contributed by atoms with van der Waals surface area (Å²) in [4.78, 5) is 4.47. The maximum Gasteiger partial charge on any atom is 0.138 e. The number of aryl methyl sites for hydroxylation is 1. The van der Waals surface area contributed by atoms with Crippen LogP contribution in [0.2, 0.25) is 5.02 Å². The number of nitrogen functional groups attached to an aromatic ring is 1. The lowest BCUT2D eigenvalue weighted by atomic mass is 10.1. The monoisotopic (exact) mass is 284 g/mol. The normalized spacial score (nSPS) is 10.7. The number of aromatic nitrogens is 1. The Balaban J connectivity index is 2.12. The Morgan fingerprint density at radius 3 is 2.75 bits per heavy atom. The third-order valence-electron chi connectivity index (χ3n) is 2.95. The van der Waals surface area contributed by atoms with E-state index in [1.54, 1.807) is 6.07 Å². The lowest BCUT2D eigenvalue weighted by Gasteiger charge is -2.10.